The first-order valence-corrected chi connectivity index (χ1v) is 5.09. The van der Waals surface area contributed by atoms with Gasteiger partial charge in [-0.25, -0.2) is 0 Å². The first kappa shape index (κ1) is 10.5. The van der Waals surface area contributed by atoms with Crippen LogP contribution in [0, 0.1) is 0 Å². The number of hydrogen-bond donors (Lipinski definition) is 3. The van der Waals surface area contributed by atoms with Crippen LogP contribution in [0.15, 0.2) is 12.4 Å². The average molecular weight is 221 g/mol. The molecule has 1 unspecified atom stereocenters. The summed E-state index contributed by atoms with van der Waals surface area (Å²) in [5.41, 5.74) is 11.0. The molecule has 86 valence electrons. The van der Waals surface area contributed by atoms with Gasteiger partial charge < -0.3 is 21.7 Å². The third kappa shape index (κ3) is 2.30. The molecule has 0 spiro atoms. The highest BCUT2D eigenvalue weighted by molar-refractivity contribution is 5.25. The lowest BCUT2D eigenvalue weighted by Gasteiger charge is -2.21. The highest BCUT2D eigenvalue weighted by atomic mass is 15.3. The molecule has 7 heteroatoms. The Labute approximate surface area is 93.6 Å². The maximum absolute atomic E-state index is 5.49. The van der Waals surface area contributed by atoms with Gasteiger partial charge in [-0.1, -0.05) is 0 Å². The third-order valence-corrected chi connectivity index (χ3v) is 2.41. The van der Waals surface area contributed by atoms with Crippen molar-refractivity contribution in [1.82, 2.24) is 25.2 Å². The summed E-state index contributed by atoms with van der Waals surface area (Å²) in [5.74, 6) is 0.966. The standard InChI is InChI=1S/C9H15N7/c1-6-12-3-5-16(6)4-2-7-13-8(10)15-9(11)14-7/h3,5-6,12H,2,4H2,1H3,(H4,10,11,13,14,15). The molecule has 7 nitrogen and oxygen atoms in total. The molecule has 0 aliphatic carbocycles. The van der Waals surface area contributed by atoms with Gasteiger partial charge >= 0.3 is 0 Å². The lowest BCUT2D eigenvalue weighted by atomic mass is 10.3. The molecule has 2 heterocycles. The van der Waals surface area contributed by atoms with Crippen molar-refractivity contribution >= 4 is 11.9 Å². The van der Waals surface area contributed by atoms with Gasteiger partial charge in [0.1, 0.15) is 5.82 Å². The zero-order valence-electron chi connectivity index (χ0n) is 9.09. The van der Waals surface area contributed by atoms with Crippen LogP contribution >= 0.6 is 0 Å². The molecule has 2 rings (SSSR count). The van der Waals surface area contributed by atoms with Crippen molar-refractivity contribution < 1.29 is 0 Å². The second kappa shape index (κ2) is 4.21. The van der Waals surface area contributed by atoms with Gasteiger partial charge in [-0.3, -0.25) is 0 Å². The number of nitrogens with zero attached hydrogens (tertiary/aromatic N) is 4. The Kier molecular flexibility index (Phi) is 2.76. The van der Waals surface area contributed by atoms with Crippen molar-refractivity contribution in [2.45, 2.75) is 19.5 Å². The van der Waals surface area contributed by atoms with Crippen molar-refractivity contribution in [2.24, 2.45) is 0 Å². The van der Waals surface area contributed by atoms with E-state index in [2.05, 4.69) is 32.1 Å². The summed E-state index contributed by atoms with van der Waals surface area (Å²) < 4.78 is 0. The maximum Gasteiger partial charge on any atom is 0.225 e. The summed E-state index contributed by atoms with van der Waals surface area (Å²) in [6.45, 7) is 2.89. The Hall–Kier alpha value is -2.05. The molecular weight excluding hydrogens is 206 g/mol. The summed E-state index contributed by atoms with van der Waals surface area (Å²) in [7, 11) is 0. The second-order valence-electron chi connectivity index (χ2n) is 3.61. The van der Waals surface area contributed by atoms with Crippen molar-refractivity contribution in [1.29, 1.82) is 0 Å². The lowest BCUT2D eigenvalue weighted by molar-refractivity contribution is 0.299. The van der Waals surface area contributed by atoms with E-state index in [1.807, 2.05) is 12.4 Å². The minimum absolute atomic E-state index is 0.172. The Morgan fingerprint density at radius 1 is 1.31 bits per heavy atom. The van der Waals surface area contributed by atoms with Crippen LogP contribution in [0.3, 0.4) is 0 Å². The molecule has 0 amide bonds. The molecule has 0 radical (unpaired) electrons. The van der Waals surface area contributed by atoms with E-state index in [4.69, 9.17) is 11.5 Å². The van der Waals surface area contributed by atoms with E-state index in [9.17, 15) is 0 Å². The van der Waals surface area contributed by atoms with E-state index in [0.717, 1.165) is 6.54 Å². The van der Waals surface area contributed by atoms with Gasteiger partial charge in [-0.15, -0.1) is 0 Å². The van der Waals surface area contributed by atoms with Crippen molar-refractivity contribution in [2.75, 3.05) is 18.0 Å². The fourth-order valence-electron chi connectivity index (χ4n) is 1.57. The zero-order chi connectivity index (χ0) is 11.5. The Bertz CT molecular complexity index is 383. The van der Waals surface area contributed by atoms with E-state index in [-0.39, 0.29) is 11.9 Å². The van der Waals surface area contributed by atoms with Gasteiger partial charge in [0.25, 0.3) is 0 Å². The number of hydrogen-bond acceptors (Lipinski definition) is 7. The van der Waals surface area contributed by atoms with Crippen molar-refractivity contribution in [3.05, 3.63) is 18.2 Å². The zero-order valence-corrected chi connectivity index (χ0v) is 9.09. The Morgan fingerprint density at radius 3 is 2.56 bits per heavy atom. The molecule has 0 bridgehead atoms. The second-order valence-corrected chi connectivity index (χ2v) is 3.61. The molecule has 1 aliphatic heterocycles. The average Bonchev–Trinajstić information content (AvgIpc) is 2.59. The summed E-state index contributed by atoms with van der Waals surface area (Å²) in [6, 6.07) is 0. The maximum atomic E-state index is 5.49. The summed E-state index contributed by atoms with van der Waals surface area (Å²) in [5, 5.41) is 3.17. The first-order chi connectivity index (χ1) is 7.65. The SMILES string of the molecule is CC1NC=CN1CCc1nc(N)nc(N)n1. The number of nitrogens with one attached hydrogen (secondary N) is 1. The minimum atomic E-state index is 0.172. The molecule has 1 aromatic heterocycles. The summed E-state index contributed by atoms with van der Waals surface area (Å²) in [6.07, 6.45) is 4.91. The molecule has 0 saturated carbocycles. The van der Waals surface area contributed by atoms with Crippen LogP contribution in [0.2, 0.25) is 0 Å². The van der Waals surface area contributed by atoms with E-state index < -0.39 is 0 Å². The predicted octanol–water partition coefficient (Wildman–Crippen LogP) is -0.699. The number of aromatic nitrogens is 3. The fraction of sp³-hybridized carbons (Fsp3) is 0.444. The van der Waals surface area contributed by atoms with Gasteiger partial charge in [-0.2, -0.15) is 15.0 Å². The Balaban J connectivity index is 1.96. The molecule has 0 saturated heterocycles. The molecule has 0 fully saturated rings. The molecule has 1 atom stereocenters. The van der Waals surface area contributed by atoms with Crippen LogP contribution in [0.5, 0.6) is 0 Å². The molecule has 1 aromatic rings. The lowest BCUT2D eigenvalue weighted by Crippen LogP contribution is -2.33. The quantitative estimate of drug-likeness (QED) is 0.619. The van der Waals surface area contributed by atoms with Gasteiger partial charge in [0.2, 0.25) is 11.9 Å². The molecule has 1 aliphatic rings. The van der Waals surface area contributed by atoms with Crippen LogP contribution < -0.4 is 16.8 Å². The number of nitrogens with two attached hydrogens (primary N) is 2. The molecule has 16 heavy (non-hydrogen) atoms. The largest absolute Gasteiger partial charge is 0.370 e. The fourth-order valence-corrected chi connectivity index (χ4v) is 1.57. The predicted molar refractivity (Wildman–Crippen MR) is 60.8 cm³/mol. The first-order valence-electron chi connectivity index (χ1n) is 5.09. The van der Waals surface area contributed by atoms with Crippen LogP contribution in [0.25, 0.3) is 0 Å². The van der Waals surface area contributed by atoms with Crippen LogP contribution in [0.4, 0.5) is 11.9 Å². The Morgan fingerprint density at radius 2 is 2.00 bits per heavy atom. The highest BCUT2D eigenvalue weighted by Crippen LogP contribution is 2.06. The smallest absolute Gasteiger partial charge is 0.225 e. The number of nitrogen functional groups attached to an aromatic ring is 2. The summed E-state index contributed by atoms with van der Waals surface area (Å²) in [4.78, 5) is 13.9. The highest BCUT2D eigenvalue weighted by Gasteiger charge is 2.13. The minimum Gasteiger partial charge on any atom is -0.370 e. The van der Waals surface area contributed by atoms with Crippen molar-refractivity contribution in [3.8, 4) is 0 Å². The molecule has 0 aromatic carbocycles. The monoisotopic (exact) mass is 221 g/mol. The number of anilines is 2. The third-order valence-electron chi connectivity index (χ3n) is 2.41. The number of rotatable bonds is 3. The van der Waals surface area contributed by atoms with E-state index in [1.54, 1.807) is 0 Å². The van der Waals surface area contributed by atoms with Gasteiger partial charge in [0.05, 0.1) is 6.17 Å². The van der Waals surface area contributed by atoms with Crippen molar-refractivity contribution in [3.63, 3.8) is 0 Å². The van der Waals surface area contributed by atoms with Crippen LogP contribution in [-0.4, -0.2) is 32.6 Å². The van der Waals surface area contributed by atoms with Gasteiger partial charge in [-0.05, 0) is 6.92 Å². The van der Waals surface area contributed by atoms with E-state index >= 15 is 0 Å². The van der Waals surface area contributed by atoms with Crippen LogP contribution in [-0.2, 0) is 6.42 Å². The molecular formula is C9H15N7. The van der Waals surface area contributed by atoms with Crippen LogP contribution in [0.1, 0.15) is 12.7 Å². The normalized spacial score (nSPS) is 18.8. The van der Waals surface area contributed by atoms with E-state index in [0.29, 0.717) is 18.4 Å². The van der Waals surface area contributed by atoms with E-state index in [1.165, 1.54) is 0 Å². The van der Waals surface area contributed by atoms with Gasteiger partial charge in [0.15, 0.2) is 0 Å². The topological polar surface area (TPSA) is 106 Å². The summed E-state index contributed by atoms with van der Waals surface area (Å²) >= 11 is 0. The van der Waals surface area contributed by atoms with Gasteiger partial charge in [0, 0.05) is 25.4 Å². The molecule has 5 N–H and O–H groups in total.